The van der Waals surface area contributed by atoms with E-state index in [1.54, 1.807) is 7.11 Å². The number of rotatable bonds is 5. The first-order chi connectivity index (χ1) is 7.19. The lowest BCUT2D eigenvalue weighted by molar-refractivity contribution is 0.153. The van der Waals surface area contributed by atoms with Gasteiger partial charge in [-0.15, -0.1) is 0 Å². The van der Waals surface area contributed by atoms with Crippen LogP contribution >= 0.6 is 0 Å². The fourth-order valence-electron chi connectivity index (χ4n) is 1.37. The van der Waals surface area contributed by atoms with Gasteiger partial charge in [-0.25, -0.2) is 0 Å². The molecule has 0 fully saturated rings. The van der Waals surface area contributed by atoms with Crippen LogP contribution in [0.1, 0.15) is 5.56 Å². The minimum Gasteiger partial charge on any atom is -0.398 e. The van der Waals surface area contributed by atoms with Crippen molar-refractivity contribution in [2.24, 2.45) is 0 Å². The van der Waals surface area contributed by atoms with E-state index in [0.717, 1.165) is 16.9 Å². The van der Waals surface area contributed by atoms with E-state index in [1.807, 2.05) is 25.1 Å². The molecule has 1 unspecified atom stereocenters. The molecule has 0 aliphatic heterocycles. The van der Waals surface area contributed by atoms with Crippen LogP contribution in [0.2, 0.25) is 0 Å². The van der Waals surface area contributed by atoms with Gasteiger partial charge in [0.1, 0.15) is 0 Å². The van der Waals surface area contributed by atoms with Crippen molar-refractivity contribution >= 4 is 11.4 Å². The van der Waals surface area contributed by atoms with Crippen LogP contribution in [0.25, 0.3) is 0 Å². The quantitative estimate of drug-likeness (QED) is 0.634. The number of hydrogen-bond acceptors (Lipinski definition) is 4. The Hall–Kier alpha value is -1.26. The fraction of sp³-hybridized carbons (Fsp3) is 0.455. The smallest absolute Gasteiger partial charge is 0.0725 e. The molecule has 0 radical (unpaired) electrons. The highest BCUT2D eigenvalue weighted by atomic mass is 16.5. The molecular weight excluding hydrogens is 192 g/mol. The largest absolute Gasteiger partial charge is 0.398 e. The summed E-state index contributed by atoms with van der Waals surface area (Å²) < 4.78 is 4.98. The summed E-state index contributed by atoms with van der Waals surface area (Å²) in [5.41, 5.74) is 8.45. The van der Waals surface area contributed by atoms with Gasteiger partial charge in [-0.1, -0.05) is 6.07 Å². The van der Waals surface area contributed by atoms with Gasteiger partial charge < -0.3 is 20.9 Å². The molecule has 0 aromatic heterocycles. The Morgan fingerprint density at radius 3 is 2.87 bits per heavy atom. The lowest BCUT2D eigenvalue weighted by Gasteiger charge is -2.18. The molecule has 1 aromatic carbocycles. The summed E-state index contributed by atoms with van der Waals surface area (Å²) in [5, 5.41) is 12.3. The third-order valence-electron chi connectivity index (χ3n) is 2.32. The van der Waals surface area contributed by atoms with E-state index in [-0.39, 0.29) is 12.6 Å². The molecule has 1 rings (SSSR count). The summed E-state index contributed by atoms with van der Waals surface area (Å²) in [6.45, 7) is 2.44. The van der Waals surface area contributed by atoms with Gasteiger partial charge in [0.25, 0.3) is 0 Å². The van der Waals surface area contributed by atoms with Crippen molar-refractivity contribution in [2.45, 2.75) is 13.0 Å². The summed E-state index contributed by atoms with van der Waals surface area (Å²) in [4.78, 5) is 0. The number of aliphatic hydroxyl groups is 1. The summed E-state index contributed by atoms with van der Waals surface area (Å²) >= 11 is 0. The van der Waals surface area contributed by atoms with Gasteiger partial charge in [0, 0.05) is 18.5 Å². The van der Waals surface area contributed by atoms with E-state index in [2.05, 4.69) is 5.32 Å². The summed E-state index contributed by atoms with van der Waals surface area (Å²) in [7, 11) is 1.61. The fourth-order valence-corrected chi connectivity index (χ4v) is 1.37. The monoisotopic (exact) mass is 210 g/mol. The minimum absolute atomic E-state index is 0.0298. The molecule has 1 aromatic rings. The molecular formula is C11H18N2O2. The van der Waals surface area contributed by atoms with Crippen molar-refractivity contribution < 1.29 is 9.84 Å². The molecule has 0 saturated carbocycles. The van der Waals surface area contributed by atoms with Crippen molar-refractivity contribution in [3.05, 3.63) is 23.8 Å². The van der Waals surface area contributed by atoms with Gasteiger partial charge in [0.05, 0.1) is 19.3 Å². The van der Waals surface area contributed by atoms with E-state index in [9.17, 15) is 0 Å². The van der Waals surface area contributed by atoms with Crippen molar-refractivity contribution in [3.8, 4) is 0 Å². The van der Waals surface area contributed by atoms with Gasteiger partial charge in [-0.3, -0.25) is 0 Å². The maximum atomic E-state index is 9.10. The molecule has 0 saturated heterocycles. The van der Waals surface area contributed by atoms with E-state index in [4.69, 9.17) is 15.6 Å². The topological polar surface area (TPSA) is 67.5 Å². The Bertz CT molecular complexity index is 315. The van der Waals surface area contributed by atoms with Gasteiger partial charge in [0.2, 0.25) is 0 Å². The summed E-state index contributed by atoms with van der Waals surface area (Å²) in [6, 6.07) is 5.57. The first kappa shape index (κ1) is 11.8. The number of methoxy groups -OCH3 is 1. The molecule has 4 N–H and O–H groups in total. The van der Waals surface area contributed by atoms with Crippen LogP contribution in [-0.4, -0.2) is 31.5 Å². The Morgan fingerprint density at radius 1 is 1.53 bits per heavy atom. The number of ether oxygens (including phenoxy) is 1. The Labute approximate surface area is 90.1 Å². The molecule has 0 bridgehead atoms. The summed E-state index contributed by atoms with van der Waals surface area (Å²) in [5.74, 6) is 0. The number of benzene rings is 1. The molecule has 0 aliphatic carbocycles. The van der Waals surface area contributed by atoms with Gasteiger partial charge in [-0.2, -0.15) is 0 Å². The first-order valence-corrected chi connectivity index (χ1v) is 4.90. The molecule has 84 valence electrons. The maximum Gasteiger partial charge on any atom is 0.0725 e. The Kier molecular flexibility index (Phi) is 4.39. The second-order valence-corrected chi connectivity index (χ2v) is 3.50. The SMILES string of the molecule is COCC(CO)Nc1cccc(N)c1C. The zero-order valence-electron chi connectivity index (χ0n) is 9.16. The zero-order valence-corrected chi connectivity index (χ0v) is 9.16. The predicted octanol–water partition coefficient (Wildman–Crippen LogP) is 0.996. The number of aliphatic hydroxyl groups excluding tert-OH is 1. The second-order valence-electron chi connectivity index (χ2n) is 3.50. The molecule has 0 spiro atoms. The highest BCUT2D eigenvalue weighted by molar-refractivity contribution is 5.63. The van der Waals surface area contributed by atoms with Gasteiger partial charge in [-0.05, 0) is 24.6 Å². The van der Waals surface area contributed by atoms with Crippen LogP contribution in [-0.2, 0) is 4.74 Å². The molecule has 1 atom stereocenters. The second kappa shape index (κ2) is 5.58. The molecule has 4 nitrogen and oxygen atoms in total. The zero-order chi connectivity index (χ0) is 11.3. The van der Waals surface area contributed by atoms with Crippen molar-refractivity contribution in [3.63, 3.8) is 0 Å². The van der Waals surface area contributed by atoms with E-state index < -0.39 is 0 Å². The average Bonchev–Trinajstić information content (AvgIpc) is 2.24. The van der Waals surface area contributed by atoms with Crippen molar-refractivity contribution in [1.82, 2.24) is 0 Å². The lowest BCUT2D eigenvalue weighted by Crippen LogP contribution is -2.29. The van der Waals surface area contributed by atoms with Crippen LogP contribution in [0.15, 0.2) is 18.2 Å². The molecule has 15 heavy (non-hydrogen) atoms. The van der Waals surface area contributed by atoms with E-state index >= 15 is 0 Å². The van der Waals surface area contributed by atoms with Gasteiger partial charge >= 0.3 is 0 Å². The number of nitrogens with one attached hydrogen (secondary N) is 1. The summed E-state index contributed by atoms with van der Waals surface area (Å²) in [6.07, 6.45) is 0. The van der Waals surface area contributed by atoms with E-state index in [0.29, 0.717) is 6.61 Å². The highest BCUT2D eigenvalue weighted by Crippen LogP contribution is 2.21. The van der Waals surface area contributed by atoms with Crippen LogP contribution in [0.5, 0.6) is 0 Å². The van der Waals surface area contributed by atoms with Gasteiger partial charge in [0.15, 0.2) is 0 Å². The number of anilines is 2. The highest BCUT2D eigenvalue weighted by Gasteiger charge is 2.08. The third-order valence-corrected chi connectivity index (χ3v) is 2.32. The predicted molar refractivity (Wildman–Crippen MR) is 62.0 cm³/mol. The van der Waals surface area contributed by atoms with Crippen LogP contribution in [0.3, 0.4) is 0 Å². The normalized spacial score (nSPS) is 12.5. The number of hydrogen-bond donors (Lipinski definition) is 3. The molecule has 0 aliphatic rings. The minimum atomic E-state index is -0.101. The first-order valence-electron chi connectivity index (χ1n) is 4.90. The molecule has 4 heteroatoms. The average molecular weight is 210 g/mol. The molecule has 0 heterocycles. The maximum absolute atomic E-state index is 9.10. The van der Waals surface area contributed by atoms with Crippen LogP contribution < -0.4 is 11.1 Å². The Balaban J connectivity index is 2.74. The van der Waals surface area contributed by atoms with Crippen LogP contribution in [0, 0.1) is 6.92 Å². The lowest BCUT2D eigenvalue weighted by atomic mass is 10.1. The van der Waals surface area contributed by atoms with Crippen molar-refractivity contribution in [2.75, 3.05) is 31.4 Å². The standard InChI is InChI=1S/C11H18N2O2/c1-8-10(12)4-3-5-11(8)13-9(6-14)7-15-2/h3-5,9,13-14H,6-7,12H2,1-2H3. The third kappa shape index (κ3) is 3.11. The molecule has 0 amide bonds. The number of nitrogen functional groups attached to an aromatic ring is 1. The Morgan fingerprint density at radius 2 is 2.27 bits per heavy atom. The van der Waals surface area contributed by atoms with E-state index in [1.165, 1.54) is 0 Å². The van der Waals surface area contributed by atoms with Crippen LogP contribution in [0.4, 0.5) is 11.4 Å². The number of nitrogens with two attached hydrogens (primary N) is 1. The van der Waals surface area contributed by atoms with Crippen molar-refractivity contribution in [1.29, 1.82) is 0 Å².